The highest BCUT2D eigenvalue weighted by Gasteiger charge is 2.09. The molecule has 4 nitrogen and oxygen atoms in total. The maximum absolute atomic E-state index is 11.0. The van der Waals surface area contributed by atoms with Crippen LogP contribution >= 0.6 is 31.9 Å². The molecule has 0 amide bonds. The topological polar surface area (TPSA) is 52.6 Å². The van der Waals surface area contributed by atoms with Crippen molar-refractivity contribution in [1.29, 1.82) is 0 Å². The highest BCUT2D eigenvalue weighted by Crippen LogP contribution is 2.00. The Hall–Kier alpha value is -0.360. The zero-order valence-electron chi connectivity index (χ0n) is 9.11. The second-order valence-corrected chi connectivity index (χ2v) is 5.71. The van der Waals surface area contributed by atoms with Gasteiger partial charge in [0.05, 0.1) is 0 Å². The monoisotopic (exact) mass is 356 g/mol. The number of esters is 2. The van der Waals surface area contributed by atoms with Crippen molar-refractivity contribution in [3.8, 4) is 0 Å². The quantitative estimate of drug-likeness (QED) is 0.415. The first kappa shape index (κ1) is 15.6. The molecule has 6 heteroatoms. The van der Waals surface area contributed by atoms with Crippen LogP contribution < -0.4 is 0 Å². The lowest BCUT2D eigenvalue weighted by Crippen LogP contribution is -2.14. The van der Waals surface area contributed by atoms with E-state index in [2.05, 4.69) is 31.9 Å². The number of ether oxygens (including phenoxy) is 2. The van der Waals surface area contributed by atoms with Gasteiger partial charge in [-0.2, -0.15) is 0 Å². The Morgan fingerprint density at radius 2 is 1.31 bits per heavy atom. The lowest BCUT2D eigenvalue weighted by molar-refractivity contribution is -0.142. The SMILES string of the molecule is CC(Br)C(=O)OCC=CCOC(=O)C(C)Br. The largest absolute Gasteiger partial charge is 0.461 e. The Morgan fingerprint density at radius 1 is 1.00 bits per heavy atom. The molecule has 0 bridgehead atoms. The number of rotatable bonds is 6. The van der Waals surface area contributed by atoms with Gasteiger partial charge in [-0.1, -0.05) is 31.9 Å². The van der Waals surface area contributed by atoms with Gasteiger partial charge < -0.3 is 9.47 Å². The number of carbonyl (C=O) groups is 2. The second kappa shape index (κ2) is 8.75. The summed E-state index contributed by atoms with van der Waals surface area (Å²) in [4.78, 5) is 21.3. The van der Waals surface area contributed by atoms with Gasteiger partial charge in [0.15, 0.2) is 0 Å². The van der Waals surface area contributed by atoms with Crippen molar-refractivity contribution in [1.82, 2.24) is 0 Å². The molecule has 2 atom stereocenters. The molecule has 0 aromatic carbocycles. The maximum atomic E-state index is 11.0. The van der Waals surface area contributed by atoms with Crippen LogP contribution in [0.2, 0.25) is 0 Å². The highest BCUT2D eigenvalue weighted by molar-refractivity contribution is 9.10. The molecular formula is C10H14Br2O4. The van der Waals surface area contributed by atoms with Crippen LogP contribution in [-0.4, -0.2) is 34.8 Å². The summed E-state index contributed by atoms with van der Waals surface area (Å²) in [6.45, 7) is 3.73. The smallest absolute Gasteiger partial charge is 0.319 e. The summed E-state index contributed by atoms with van der Waals surface area (Å²) in [6.07, 6.45) is 3.25. The molecule has 0 N–H and O–H groups in total. The van der Waals surface area contributed by atoms with Crippen LogP contribution in [0, 0.1) is 0 Å². The summed E-state index contributed by atoms with van der Waals surface area (Å²) < 4.78 is 9.67. The van der Waals surface area contributed by atoms with Crippen LogP contribution in [0.4, 0.5) is 0 Å². The highest BCUT2D eigenvalue weighted by atomic mass is 79.9. The normalized spacial score (nSPS) is 14.5. The third-order valence-electron chi connectivity index (χ3n) is 1.46. The molecule has 0 aromatic heterocycles. The molecule has 0 radical (unpaired) electrons. The molecule has 16 heavy (non-hydrogen) atoms. The molecule has 0 aliphatic heterocycles. The van der Waals surface area contributed by atoms with E-state index in [1.165, 1.54) is 0 Å². The summed E-state index contributed by atoms with van der Waals surface area (Å²) in [5.41, 5.74) is 0. The minimum absolute atomic E-state index is 0.177. The minimum atomic E-state index is -0.323. The van der Waals surface area contributed by atoms with Gasteiger partial charge in [-0.25, -0.2) is 0 Å². The van der Waals surface area contributed by atoms with E-state index in [0.29, 0.717) is 0 Å². The van der Waals surface area contributed by atoms with E-state index in [1.54, 1.807) is 26.0 Å². The number of hydrogen-bond donors (Lipinski definition) is 0. The van der Waals surface area contributed by atoms with Gasteiger partial charge in [0.1, 0.15) is 22.9 Å². The van der Waals surface area contributed by atoms with Crippen LogP contribution in [0.15, 0.2) is 12.2 Å². The van der Waals surface area contributed by atoms with Gasteiger partial charge in [-0.3, -0.25) is 9.59 Å². The molecular weight excluding hydrogens is 344 g/mol. The van der Waals surface area contributed by atoms with Gasteiger partial charge in [0, 0.05) is 0 Å². The fourth-order valence-corrected chi connectivity index (χ4v) is 0.891. The van der Waals surface area contributed by atoms with Crippen LogP contribution in [-0.2, 0) is 19.1 Å². The molecule has 0 aromatic rings. The van der Waals surface area contributed by atoms with Crippen LogP contribution in [0.5, 0.6) is 0 Å². The lowest BCUT2D eigenvalue weighted by Gasteiger charge is -2.03. The van der Waals surface area contributed by atoms with Crippen molar-refractivity contribution in [2.45, 2.75) is 23.5 Å². The molecule has 92 valence electrons. The van der Waals surface area contributed by atoms with E-state index in [-0.39, 0.29) is 34.8 Å². The molecule has 0 rings (SSSR count). The van der Waals surface area contributed by atoms with Crippen molar-refractivity contribution < 1.29 is 19.1 Å². The molecule has 0 saturated heterocycles. The van der Waals surface area contributed by atoms with Crippen molar-refractivity contribution in [3.05, 3.63) is 12.2 Å². The first-order valence-electron chi connectivity index (χ1n) is 4.71. The average molecular weight is 358 g/mol. The van der Waals surface area contributed by atoms with Crippen LogP contribution in [0.1, 0.15) is 13.8 Å². The molecule has 0 heterocycles. The predicted octanol–water partition coefficient (Wildman–Crippen LogP) is 2.20. The predicted molar refractivity (Wildman–Crippen MR) is 67.8 cm³/mol. The van der Waals surface area contributed by atoms with Crippen molar-refractivity contribution >= 4 is 43.8 Å². The summed E-state index contributed by atoms with van der Waals surface area (Å²) in [5, 5.41) is 0. The molecule has 0 saturated carbocycles. The number of halogens is 2. The summed E-state index contributed by atoms with van der Waals surface area (Å²) in [6, 6.07) is 0. The molecule has 0 fully saturated rings. The molecule has 0 aliphatic carbocycles. The van der Waals surface area contributed by atoms with Gasteiger partial charge >= 0.3 is 11.9 Å². The number of alkyl halides is 2. The van der Waals surface area contributed by atoms with Crippen molar-refractivity contribution in [2.24, 2.45) is 0 Å². The Balaban J connectivity index is 3.56. The van der Waals surface area contributed by atoms with Crippen molar-refractivity contribution in [2.75, 3.05) is 13.2 Å². The molecule has 0 spiro atoms. The third-order valence-corrected chi connectivity index (χ3v) is 2.21. The number of carbonyl (C=O) groups excluding carboxylic acids is 2. The van der Waals surface area contributed by atoms with Crippen LogP contribution in [0.3, 0.4) is 0 Å². The Kier molecular flexibility index (Phi) is 8.56. The minimum Gasteiger partial charge on any atom is -0.461 e. The first-order valence-corrected chi connectivity index (χ1v) is 6.54. The average Bonchev–Trinajstić information content (AvgIpc) is 2.21. The summed E-state index contributed by atoms with van der Waals surface area (Å²) in [7, 11) is 0. The van der Waals surface area contributed by atoms with E-state index in [4.69, 9.17) is 9.47 Å². The Morgan fingerprint density at radius 3 is 1.56 bits per heavy atom. The number of hydrogen-bond acceptors (Lipinski definition) is 4. The first-order chi connectivity index (χ1) is 7.45. The Bertz CT molecular complexity index is 236. The zero-order chi connectivity index (χ0) is 12.6. The standard InChI is InChI=1S/C10H14Br2O4/c1-7(11)9(13)15-5-3-4-6-16-10(14)8(2)12/h3-4,7-8H,5-6H2,1-2H3. The van der Waals surface area contributed by atoms with Gasteiger partial charge in [0.2, 0.25) is 0 Å². The third kappa shape index (κ3) is 7.87. The van der Waals surface area contributed by atoms with E-state index >= 15 is 0 Å². The van der Waals surface area contributed by atoms with Crippen molar-refractivity contribution in [3.63, 3.8) is 0 Å². The zero-order valence-corrected chi connectivity index (χ0v) is 12.3. The summed E-state index contributed by atoms with van der Waals surface area (Å²) in [5.74, 6) is -0.647. The van der Waals surface area contributed by atoms with Gasteiger partial charge in [0.25, 0.3) is 0 Å². The molecule has 2 unspecified atom stereocenters. The fraction of sp³-hybridized carbons (Fsp3) is 0.600. The van der Waals surface area contributed by atoms with Gasteiger partial charge in [-0.05, 0) is 26.0 Å². The molecule has 0 aliphatic rings. The van der Waals surface area contributed by atoms with E-state index < -0.39 is 0 Å². The lowest BCUT2D eigenvalue weighted by atomic mass is 10.5. The van der Waals surface area contributed by atoms with Crippen LogP contribution in [0.25, 0.3) is 0 Å². The summed E-state index contributed by atoms with van der Waals surface area (Å²) >= 11 is 6.17. The van der Waals surface area contributed by atoms with E-state index in [0.717, 1.165) is 0 Å². The maximum Gasteiger partial charge on any atom is 0.319 e. The van der Waals surface area contributed by atoms with E-state index in [1.807, 2.05) is 0 Å². The fourth-order valence-electron chi connectivity index (χ4n) is 0.626. The van der Waals surface area contributed by atoms with E-state index in [9.17, 15) is 9.59 Å². The second-order valence-electron chi connectivity index (χ2n) is 2.96. The van der Waals surface area contributed by atoms with Gasteiger partial charge in [-0.15, -0.1) is 0 Å². The Labute approximate surface area is 112 Å².